The summed E-state index contributed by atoms with van der Waals surface area (Å²) in [7, 11) is 0. The third-order valence-corrected chi connectivity index (χ3v) is 2.23. The summed E-state index contributed by atoms with van der Waals surface area (Å²) < 4.78 is 26.9. The SMILES string of the molecule is CCC(F)(F)c1cc(N=C=O)ccc1C. The van der Waals surface area contributed by atoms with Gasteiger partial charge in [0.25, 0.3) is 5.92 Å². The first-order valence-corrected chi connectivity index (χ1v) is 4.58. The van der Waals surface area contributed by atoms with Crippen molar-refractivity contribution >= 4 is 11.8 Å². The van der Waals surface area contributed by atoms with E-state index < -0.39 is 5.92 Å². The highest BCUT2D eigenvalue weighted by Crippen LogP contribution is 2.35. The lowest BCUT2D eigenvalue weighted by Crippen LogP contribution is -2.13. The summed E-state index contributed by atoms with van der Waals surface area (Å²) >= 11 is 0. The maximum absolute atomic E-state index is 13.4. The van der Waals surface area contributed by atoms with E-state index in [4.69, 9.17) is 0 Å². The largest absolute Gasteiger partial charge is 0.273 e. The summed E-state index contributed by atoms with van der Waals surface area (Å²) in [6.07, 6.45) is 1.05. The molecule has 0 heterocycles. The molecule has 0 aliphatic heterocycles. The second-order valence-corrected chi connectivity index (χ2v) is 3.26. The van der Waals surface area contributed by atoms with Gasteiger partial charge in [-0.3, -0.25) is 0 Å². The van der Waals surface area contributed by atoms with E-state index in [1.54, 1.807) is 6.92 Å². The number of hydrogen-bond donors (Lipinski definition) is 0. The standard InChI is InChI=1S/C11H11F2NO/c1-3-11(12,13)10-6-9(14-7-15)5-4-8(10)2/h4-6H,3H2,1-2H3. The van der Waals surface area contributed by atoms with Crippen LogP contribution in [-0.2, 0) is 10.7 Å². The van der Waals surface area contributed by atoms with Gasteiger partial charge in [0, 0.05) is 12.0 Å². The van der Waals surface area contributed by atoms with E-state index in [1.165, 1.54) is 31.2 Å². The monoisotopic (exact) mass is 211 g/mol. The third-order valence-electron chi connectivity index (χ3n) is 2.23. The maximum Gasteiger partial charge on any atom is 0.273 e. The minimum Gasteiger partial charge on any atom is -0.211 e. The van der Waals surface area contributed by atoms with Crippen molar-refractivity contribution < 1.29 is 13.6 Å². The molecule has 0 saturated carbocycles. The zero-order chi connectivity index (χ0) is 11.5. The van der Waals surface area contributed by atoms with Gasteiger partial charge in [-0.05, 0) is 24.6 Å². The molecule has 4 heteroatoms. The number of alkyl halides is 2. The Morgan fingerprint density at radius 2 is 2.13 bits per heavy atom. The molecule has 0 N–H and O–H groups in total. The molecule has 0 aromatic heterocycles. The molecule has 0 bridgehead atoms. The number of hydrogen-bond acceptors (Lipinski definition) is 2. The fraction of sp³-hybridized carbons (Fsp3) is 0.364. The molecule has 15 heavy (non-hydrogen) atoms. The normalized spacial score (nSPS) is 10.9. The summed E-state index contributed by atoms with van der Waals surface area (Å²) in [5.41, 5.74) is 0.618. The van der Waals surface area contributed by atoms with Crippen LogP contribution >= 0.6 is 0 Å². The molecular formula is C11H11F2NO. The van der Waals surface area contributed by atoms with Crippen LogP contribution in [0.25, 0.3) is 0 Å². The van der Waals surface area contributed by atoms with Crippen LogP contribution in [0.4, 0.5) is 14.5 Å². The van der Waals surface area contributed by atoms with Crippen LogP contribution in [0.1, 0.15) is 24.5 Å². The molecule has 0 aliphatic carbocycles. The van der Waals surface area contributed by atoms with Gasteiger partial charge in [-0.2, -0.15) is 4.99 Å². The highest BCUT2D eigenvalue weighted by Gasteiger charge is 2.30. The predicted molar refractivity (Wildman–Crippen MR) is 53.1 cm³/mol. The number of benzene rings is 1. The van der Waals surface area contributed by atoms with Gasteiger partial charge in [0.15, 0.2) is 0 Å². The van der Waals surface area contributed by atoms with Gasteiger partial charge in [-0.1, -0.05) is 13.0 Å². The van der Waals surface area contributed by atoms with E-state index in [0.29, 0.717) is 5.56 Å². The Morgan fingerprint density at radius 3 is 2.67 bits per heavy atom. The van der Waals surface area contributed by atoms with Crippen LogP contribution in [-0.4, -0.2) is 6.08 Å². The predicted octanol–water partition coefficient (Wildman–Crippen LogP) is 3.46. The van der Waals surface area contributed by atoms with Crippen LogP contribution < -0.4 is 0 Å². The van der Waals surface area contributed by atoms with Crippen molar-refractivity contribution in [2.24, 2.45) is 4.99 Å². The van der Waals surface area contributed by atoms with Crippen molar-refractivity contribution in [3.05, 3.63) is 29.3 Å². The molecular weight excluding hydrogens is 200 g/mol. The van der Waals surface area contributed by atoms with Gasteiger partial charge in [-0.25, -0.2) is 13.6 Å². The molecule has 1 rings (SSSR count). The molecule has 1 aromatic carbocycles. The Morgan fingerprint density at radius 1 is 1.47 bits per heavy atom. The zero-order valence-electron chi connectivity index (χ0n) is 8.55. The summed E-state index contributed by atoms with van der Waals surface area (Å²) in [6.45, 7) is 3.02. The van der Waals surface area contributed by atoms with E-state index in [0.717, 1.165) is 0 Å². The smallest absolute Gasteiger partial charge is 0.211 e. The van der Waals surface area contributed by atoms with Crippen molar-refractivity contribution in [3.8, 4) is 0 Å². The highest BCUT2D eigenvalue weighted by molar-refractivity contribution is 5.52. The first-order valence-electron chi connectivity index (χ1n) is 4.58. The average Bonchev–Trinajstić information content (AvgIpc) is 2.21. The van der Waals surface area contributed by atoms with Gasteiger partial charge in [0.05, 0.1) is 5.69 Å². The second-order valence-electron chi connectivity index (χ2n) is 3.26. The zero-order valence-corrected chi connectivity index (χ0v) is 8.55. The molecule has 0 spiro atoms. The number of halogens is 2. The Balaban J connectivity index is 3.27. The first-order chi connectivity index (χ1) is 7.01. The molecule has 0 atom stereocenters. The quantitative estimate of drug-likeness (QED) is 0.556. The summed E-state index contributed by atoms with van der Waals surface area (Å²) in [4.78, 5) is 13.3. The van der Waals surface area contributed by atoms with Gasteiger partial charge in [0.1, 0.15) is 0 Å². The van der Waals surface area contributed by atoms with Crippen LogP contribution in [0.3, 0.4) is 0 Å². The number of aryl methyl sites for hydroxylation is 1. The van der Waals surface area contributed by atoms with Crippen LogP contribution in [0, 0.1) is 6.92 Å². The van der Waals surface area contributed by atoms with E-state index in [-0.39, 0.29) is 17.7 Å². The van der Waals surface area contributed by atoms with Crippen LogP contribution in [0.5, 0.6) is 0 Å². The molecule has 0 amide bonds. The topological polar surface area (TPSA) is 29.4 Å². The number of isocyanates is 1. The fourth-order valence-corrected chi connectivity index (χ4v) is 1.32. The molecule has 0 saturated heterocycles. The van der Waals surface area contributed by atoms with Crippen LogP contribution in [0.2, 0.25) is 0 Å². The number of carbonyl (C=O) groups excluding carboxylic acids is 1. The van der Waals surface area contributed by atoms with Crippen molar-refractivity contribution in [3.63, 3.8) is 0 Å². The first kappa shape index (κ1) is 11.5. The average molecular weight is 211 g/mol. The summed E-state index contributed by atoms with van der Waals surface area (Å²) in [6, 6.07) is 4.26. The summed E-state index contributed by atoms with van der Waals surface area (Å²) in [5, 5.41) is 0. The lowest BCUT2D eigenvalue weighted by molar-refractivity contribution is -0.00884. The minimum absolute atomic E-state index is 0.0819. The molecule has 80 valence electrons. The fourth-order valence-electron chi connectivity index (χ4n) is 1.32. The second kappa shape index (κ2) is 4.32. The van der Waals surface area contributed by atoms with E-state index >= 15 is 0 Å². The summed E-state index contributed by atoms with van der Waals surface area (Å²) in [5.74, 6) is -2.88. The maximum atomic E-state index is 13.4. The Bertz CT molecular complexity index is 409. The van der Waals surface area contributed by atoms with Crippen molar-refractivity contribution in [2.75, 3.05) is 0 Å². The number of nitrogens with zero attached hydrogens (tertiary/aromatic N) is 1. The van der Waals surface area contributed by atoms with E-state index in [9.17, 15) is 13.6 Å². The number of aliphatic imine (C=N–C) groups is 1. The molecule has 0 unspecified atom stereocenters. The molecule has 0 radical (unpaired) electrons. The minimum atomic E-state index is -2.88. The van der Waals surface area contributed by atoms with E-state index in [1.807, 2.05) is 0 Å². The number of rotatable bonds is 3. The Kier molecular flexibility index (Phi) is 3.32. The molecule has 2 nitrogen and oxygen atoms in total. The van der Waals surface area contributed by atoms with Gasteiger partial charge < -0.3 is 0 Å². The highest BCUT2D eigenvalue weighted by atomic mass is 19.3. The lowest BCUT2D eigenvalue weighted by atomic mass is 10.00. The van der Waals surface area contributed by atoms with Gasteiger partial charge >= 0.3 is 0 Å². The van der Waals surface area contributed by atoms with Gasteiger partial charge in [0.2, 0.25) is 6.08 Å². The van der Waals surface area contributed by atoms with Gasteiger partial charge in [-0.15, -0.1) is 0 Å². The molecule has 1 aromatic rings. The van der Waals surface area contributed by atoms with Crippen molar-refractivity contribution in [1.82, 2.24) is 0 Å². The van der Waals surface area contributed by atoms with Crippen molar-refractivity contribution in [1.29, 1.82) is 0 Å². The van der Waals surface area contributed by atoms with Crippen molar-refractivity contribution in [2.45, 2.75) is 26.2 Å². The molecule has 0 fully saturated rings. The Labute approximate surface area is 86.6 Å². The van der Waals surface area contributed by atoms with Crippen LogP contribution in [0.15, 0.2) is 23.2 Å². The third kappa shape index (κ3) is 2.48. The lowest BCUT2D eigenvalue weighted by Gasteiger charge is -2.17. The van der Waals surface area contributed by atoms with E-state index in [2.05, 4.69) is 4.99 Å². The Hall–Kier alpha value is -1.54. The molecule has 0 aliphatic rings.